The number of allylic oxidation sites excluding steroid dienone is 5. The molecule has 0 bridgehead atoms. The van der Waals surface area contributed by atoms with Gasteiger partial charge in [-0.15, -0.1) is 6.58 Å². The van der Waals surface area contributed by atoms with Crippen LogP contribution in [0.3, 0.4) is 0 Å². The molecule has 1 aliphatic heterocycles. The molecule has 1 saturated heterocycles. The molecule has 0 spiro atoms. The van der Waals surface area contributed by atoms with Crippen molar-refractivity contribution >= 4 is 11.7 Å². The molecule has 22 heavy (non-hydrogen) atoms. The third-order valence-corrected chi connectivity index (χ3v) is 3.45. The Balaban J connectivity index is 2.31. The zero-order valence-electron chi connectivity index (χ0n) is 12.4. The molecule has 6 heteroatoms. The quantitative estimate of drug-likeness (QED) is 0.252. The lowest BCUT2D eigenvalue weighted by Crippen LogP contribution is -2.35. The van der Waals surface area contributed by atoms with Crippen molar-refractivity contribution in [1.82, 2.24) is 4.90 Å². The zero-order chi connectivity index (χ0) is 15.9. The van der Waals surface area contributed by atoms with Crippen molar-refractivity contribution < 1.29 is 14.6 Å². The standard InChI is InChI=1S/C16H17N3O3/c1-3-12-7-6-10-19(12)16(21)13-8-4-5-9-14(13)18-17-11-15(20)22-2/h3-5,8-9,12H,1,6-7,10H2,2H3/t12-/m1/s1. The van der Waals surface area contributed by atoms with Gasteiger partial charge in [0.05, 0.1) is 7.11 Å². The molecule has 2 rings (SSSR count). The molecule has 0 aromatic carbocycles. The lowest BCUT2D eigenvalue weighted by molar-refractivity contribution is -0.333. The van der Waals surface area contributed by atoms with Gasteiger partial charge in [0.1, 0.15) is 10.1 Å². The van der Waals surface area contributed by atoms with Crippen LogP contribution in [0.5, 0.6) is 0 Å². The van der Waals surface area contributed by atoms with Gasteiger partial charge in [-0.25, -0.2) is 4.79 Å². The van der Waals surface area contributed by atoms with Gasteiger partial charge < -0.3 is 14.7 Å². The molecule has 0 amide bonds. The average molecular weight is 299 g/mol. The molecule has 1 fully saturated rings. The van der Waals surface area contributed by atoms with Gasteiger partial charge in [-0.3, -0.25) is 0 Å². The summed E-state index contributed by atoms with van der Waals surface area (Å²) in [5, 5.41) is 16.5. The summed E-state index contributed by atoms with van der Waals surface area (Å²) in [6.45, 7) is 4.47. The molecule has 2 aliphatic rings. The Bertz CT molecular complexity index is 647. The predicted molar refractivity (Wildman–Crippen MR) is 81.9 cm³/mol. The van der Waals surface area contributed by atoms with E-state index in [4.69, 9.17) is 0 Å². The maximum atomic E-state index is 12.7. The van der Waals surface area contributed by atoms with Crippen molar-refractivity contribution in [2.24, 2.45) is 5.10 Å². The van der Waals surface area contributed by atoms with E-state index in [9.17, 15) is 9.90 Å². The second-order valence-electron chi connectivity index (χ2n) is 4.76. The van der Waals surface area contributed by atoms with E-state index in [0.29, 0.717) is 17.8 Å². The molecule has 1 atom stereocenters. The molecule has 0 unspecified atom stereocenters. The van der Waals surface area contributed by atoms with Crippen LogP contribution in [0.25, 0.3) is 4.95 Å². The van der Waals surface area contributed by atoms with Crippen LogP contribution in [0, 0.1) is 6.07 Å². The largest absolute Gasteiger partial charge is 0.860 e. The minimum absolute atomic E-state index is 0.0469. The highest BCUT2D eigenvalue weighted by Gasteiger charge is 2.22. The Hall–Kier alpha value is -2.81. The van der Waals surface area contributed by atoms with E-state index in [1.54, 1.807) is 35.3 Å². The van der Waals surface area contributed by atoms with E-state index < -0.39 is 5.97 Å². The number of esters is 1. The molecule has 1 heterocycles. The van der Waals surface area contributed by atoms with E-state index in [-0.39, 0.29) is 11.9 Å². The van der Waals surface area contributed by atoms with E-state index in [1.165, 1.54) is 7.11 Å². The molecule has 0 aromatic rings. The number of likely N-dealkylation sites (tertiary alicyclic amines) is 1. The maximum Gasteiger partial charge on any atom is 0.463 e. The van der Waals surface area contributed by atoms with Gasteiger partial charge in [0.25, 0.3) is 0 Å². The number of hydrogen-bond acceptors (Lipinski definition) is 5. The molecular formula is C16H17N3O3. The first-order chi connectivity index (χ1) is 10.7. The van der Waals surface area contributed by atoms with Crippen molar-refractivity contribution in [1.29, 1.82) is 0 Å². The first-order valence-corrected chi connectivity index (χ1v) is 6.94. The maximum absolute atomic E-state index is 12.7. The summed E-state index contributed by atoms with van der Waals surface area (Å²) >= 11 is 0. The summed E-state index contributed by atoms with van der Waals surface area (Å²) in [7, 11) is 1.23. The number of hydrogen-bond donors (Lipinski definition) is 0. The molecule has 0 radical (unpaired) electrons. The van der Waals surface area contributed by atoms with Gasteiger partial charge in [-0.2, -0.15) is 0 Å². The molecule has 1 aliphatic carbocycles. The zero-order valence-corrected chi connectivity index (χ0v) is 12.4. The van der Waals surface area contributed by atoms with Crippen LogP contribution in [0.1, 0.15) is 12.8 Å². The van der Waals surface area contributed by atoms with Crippen LogP contribution in [0.2, 0.25) is 0 Å². The van der Waals surface area contributed by atoms with Crippen LogP contribution in [0.4, 0.5) is 0 Å². The smallest absolute Gasteiger partial charge is 0.463 e. The van der Waals surface area contributed by atoms with Crippen molar-refractivity contribution in [2.45, 2.75) is 18.9 Å². The number of carbonyl (C=O) groups excluding carboxylic acids is 1. The summed E-state index contributed by atoms with van der Waals surface area (Å²) in [5.74, 6) is -0.839. The lowest BCUT2D eigenvalue weighted by atomic mass is 10.1. The SMILES string of the molecule is C=C[C@@H]1CCCN1/C([O-])=C1\C=CC=C\C1=N/[N+]#CC(=O)OC. The average Bonchev–Trinajstić information content (AvgIpc) is 3.03. The normalized spacial score (nSPS) is 24.0. The van der Waals surface area contributed by atoms with Gasteiger partial charge in [0.15, 0.2) is 5.71 Å². The first kappa shape index (κ1) is 15.6. The minimum atomic E-state index is -0.723. The minimum Gasteiger partial charge on any atom is -0.860 e. The van der Waals surface area contributed by atoms with E-state index in [2.05, 4.69) is 27.4 Å². The third-order valence-electron chi connectivity index (χ3n) is 3.45. The fourth-order valence-corrected chi connectivity index (χ4v) is 2.35. The van der Waals surface area contributed by atoms with E-state index in [0.717, 1.165) is 12.8 Å². The topological polar surface area (TPSA) is 69.3 Å². The second kappa shape index (κ2) is 7.27. The van der Waals surface area contributed by atoms with Gasteiger partial charge in [-0.05, 0) is 24.8 Å². The number of ether oxygens (including phenoxy) is 1. The molecule has 0 saturated carbocycles. The Morgan fingerprint density at radius 1 is 1.59 bits per heavy atom. The summed E-state index contributed by atoms with van der Waals surface area (Å²) in [6.07, 6.45) is 10.5. The summed E-state index contributed by atoms with van der Waals surface area (Å²) in [6, 6.07) is 2.14. The Labute approximate surface area is 129 Å². The highest BCUT2D eigenvalue weighted by atomic mass is 16.5. The van der Waals surface area contributed by atoms with Crippen molar-refractivity contribution in [2.75, 3.05) is 13.7 Å². The van der Waals surface area contributed by atoms with E-state index >= 15 is 0 Å². The second-order valence-corrected chi connectivity index (χ2v) is 4.76. The molecule has 0 aromatic heterocycles. The highest BCUT2D eigenvalue weighted by Crippen LogP contribution is 2.24. The lowest BCUT2D eigenvalue weighted by Gasteiger charge is -2.33. The Morgan fingerprint density at radius 3 is 3.09 bits per heavy atom. The number of nitrogens with zero attached hydrogens (tertiary/aromatic N) is 3. The van der Waals surface area contributed by atoms with Crippen LogP contribution in [0.15, 0.2) is 53.5 Å². The number of carbonyl (C=O) groups is 1. The molecule has 0 N–H and O–H groups in total. The predicted octanol–water partition coefficient (Wildman–Crippen LogP) is 1.20. The van der Waals surface area contributed by atoms with Gasteiger partial charge in [0, 0.05) is 18.2 Å². The fourth-order valence-electron chi connectivity index (χ4n) is 2.35. The Morgan fingerprint density at radius 2 is 2.36 bits per heavy atom. The molecular weight excluding hydrogens is 282 g/mol. The van der Waals surface area contributed by atoms with Crippen LogP contribution < -0.4 is 5.11 Å². The number of rotatable bonds is 2. The fraction of sp³-hybridized carbons (Fsp3) is 0.312. The van der Waals surface area contributed by atoms with Crippen molar-refractivity contribution in [3.63, 3.8) is 0 Å². The van der Waals surface area contributed by atoms with Crippen LogP contribution in [-0.2, 0) is 9.53 Å². The van der Waals surface area contributed by atoms with Crippen LogP contribution in [-0.4, -0.2) is 36.3 Å². The molecule has 114 valence electrons. The van der Waals surface area contributed by atoms with Gasteiger partial charge in [-0.1, -0.05) is 24.3 Å². The van der Waals surface area contributed by atoms with E-state index in [1.807, 2.05) is 0 Å². The van der Waals surface area contributed by atoms with Crippen LogP contribution >= 0.6 is 0 Å². The summed E-state index contributed by atoms with van der Waals surface area (Å²) in [5.41, 5.74) is 0.824. The third kappa shape index (κ3) is 3.44. The summed E-state index contributed by atoms with van der Waals surface area (Å²) < 4.78 is 4.39. The van der Waals surface area contributed by atoms with Gasteiger partial charge >= 0.3 is 12.0 Å². The monoisotopic (exact) mass is 299 g/mol. The Kier molecular flexibility index (Phi) is 5.15. The van der Waals surface area contributed by atoms with Crippen molar-refractivity contribution in [3.05, 3.63) is 53.4 Å². The van der Waals surface area contributed by atoms with Gasteiger partial charge in [0.2, 0.25) is 0 Å². The number of methoxy groups -OCH3 is 1. The summed E-state index contributed by atoms with van der Waals surface area (Å²) in [4.78, 5) is 16.2. The van der Waals surface area contributed by atoms with Crippen molar-refractivity contribution in [3.8, 4) is 6.07 Å². The first-order valence-electron chi connectivity index (χ1n) is 6.94. The molecule has 6 nitrogen and oxygen atoms in total. The highest BCUT2D eigenvalue weighted by molar-refractivity contribution is 6.12.